The number of hydrogen-bond acceptors (Lipinski definition) is 8. The van der Waals surface area contributed by atoms with E-state index in [0.29, 0.717) is 16.7 Å². The molecule has 2 aromatic carbocycles. The Bertz CT molecular complexity index is 1930. The molecule has 40 heavy (non-hydrogen) atoms. The maximum Gasteiger partial charge on any atom is 0.303 e. The minimum atomic E-state index is -0.868. The zero-order valence-corrected chi connectivity index (χ0v) is 21.5. The first kappa shape index (κ1) is 22.8. The number of hydrogen-bond donors (Lipinski definition) is 2. The topological polar surface area (TPSA) is 148 Å². The van der Waals surface area contributed by atoms with Gasteiger partial charge in [-0.05, 0) is 47.7 Å². The first-order valence-electron chi connectivity index (χ1n) is 13.0. The summed E-state index contributed by atoms with van der Waals surface area (Å²) in [7, 11) is 0. The van der Waals surface area contributed by atoms with Crippen LogP contribution in [0, 0.1) is 25.7 Å². The summed E-state index contributed by atoms with van der Waals surface area (Å²) in [6, 6.07) is 17.7. The molecule has 11 heteroatoms. The summed E-state index contributed by atoms with van der Waals surface area (Å²) in [5.74, 6) is -3.93. The van der Waals surface area contributed by atoms with E-state index in [1.807, 2.05) is 68.4 Å². The van der Waals surface area contributed by atoms with Crippen molar-refractivity contribution >= 4 is 40.2 Å². The predicted molar refractivity (Wildman–Crippen MR) is 143 cm³/mol. The third kappa shape index (κ3) is 2.75. The van der Waals surface area contributed by atoms with Gasteiger partial charge >= 0.3 is 5.91 Å². The van der Waals surface area contributed by atoms with Crippen LogP contribution in [-0.2, 0) is 9.59 Å². The minimum absolute atomic E-state index is 0.102. The summed E-state index contributed by atoms with van der Waals surface area (Å²) in [4.78, 5) is 46.0. The second kappa shape index (κ2) is 7.69. The van der Waals surface area contributed by atoms with Crippen LogP contribution in [0.4, 0.5) is 5.82 Å². The highest BCUT2D eigenvalue weighted by molar-refractivity contribution is 6.11. The highest BCUT2D eigenvalue weighted by Crippen LogP contribution is 2.59. The third-order valence-corrected chi connectivity index (χ3v) is 8.53. The van der Waals surface area contributed by atoms with Gasteiger partial charge in [-0.3, -0.25) is 19.8 Å². The van der Waals surface area contributed by atoms with E-state index in [-0.39, 0.29) is 23.3 Å². The molecule has 5 aromatic rings. The molecule has 4 heterocycles. The Morgan fingerprint density at radius 3 is 2.12 bits per heavy atom. The lowest BCUT2D eigenvalue weighted by Crippen LogP contribution is -2.65. The fourth-order valence-electron chi connectivity index (χ4n) is 7.01. The number of pyridine rings is 1. The molecule has 1 aliphatic heterocycles. The number of rotatable bonds is 1. The van der Waals surface area contributed by atoms with Crippen LogP contribution in [-0.4, -0.2) is 47.5 Å². The quantitative estimate of drug-likeness (QED) is 0.314. The summed E-state index contributed by atoms with van der Waals surface area (Å²) in [5, 5.41) is 14.2. The first-order chi connectivity index (χ1) is 19.3. The van der Waals surface area contributed by atoms with Crippen molar-refractivity contribution in [3.8, 4) is 0 Å². The van der Waals surface area contributed by atoms with Crippen molar-refractivity contribution < 1.29 is 14.4 Å². The molecule has 2 bridgehead atoms. The molecule has 0 spiro atoms. The van der Waals surface area contributed by atoms with Gasteiger partial charge in [0, 0.05) is 17.5 Å². The zero-order valence-electron chi connectivity index (χ0n) is 21.5. The van der Waals surface area contributed by atoms with E-state index in [0.717, 1.165) is 38.5 Å². The minimum Gasteiger partial charge on any atom is -0.382 e. The number of nitrogens with two attached hydrogens (primary N) is 1. The summed E-state index contributed by atoms with van der Waals surface area (Å²) in [5.41, 5.74) is 15.2. The smallest absolute Gasteiger partial charge is 0.303 e. The van der Waals surface area contributed by atoms with E-state index in [2.05, 4.69) is 25.7 Å². The summed E-state index contributed by atoms with van der Waals surface area (Å²) in [6.45, 7) is 3.76. The van der Waals surface area contributed by atoms with Gasteiger partial charge in [-0.25, -0.2) is 4.98 Å². The van der Waals surface area contributed by atoms with Gasteiger partial charge in [-0.2, -0.15) is 9.52 Å². The van der Waals surface area contributed by atoms with Crippen molar-refractivity contribution in [1.29, 1.82) is 0 Å². The Hall–Kier alpha value is -5.19. The van der Waals surface area contributed by atoms with Crippen LogP contribution >= 0.6 is 0 Å². The Labute approximate surface area is 227 Å². The number of nitrogen functional groups attached to an aromatic ring is 1. The number of carbonyl (C=O) groups excluding carboxylic acids is 3. The highest BCUT2D eigenvalue weighted by Gasteiger charge is 2.59. The lowest BCUT2D eigenvalue weighted by atomic mass is 9.53. The van der Waals surface area contributed by atoms with E-state index in [1.165, 1.54) is 4.52 Å². The van der Waals surface area contributed by atoms with Gasteiger partial charge in [-0.15, -0.1) is 15.3 Å². The molecular weight excluding hydrogens is 508 g/mol. The van der Waals surface area contributed by atoms with Gasteiger partial charge in [0.1, 0.15) is 0 Å². The van der Waals surface area contributed by atoms with E-state index >= 15 is 0 Å². The molecule has 11 nitrogen and oxygen atoms in total. The SMILES string of the molecule is Cc1cc(C)c2c(n1)nn1c(N)c(C(=O)N3NC(=O)C4C5c6ccccc6C(c6ccccc65)C4C3=O)nnc21. The Morgan fingerprint density at radius 2 is 1.50 bits per heavy atom. The standard InChI is InChI=1S/C29H22N8O3/c1-12-11-13(2)31-25-18(12)26-33-32-23(24(30)36(26)34-25)29(40)37-28(39)22-20-16-9-5-3-7-14(16)19(21(22)27(38)35-37)15-8-4-6-10-17(15)20/h3-11,19-22H,30H2,1-2H3,(H,35,38). The van der Waals surface area contributed by atoms with Gasteiger partial charge in [-0.1, -0.05) is 48.5 Å². The molecule has 0 radical (unpaired) electrons. The maximum atomic E-state index is 14.1. The third-order valence-electron chi connectivity index (χ3n) is 8.53. The van der Waals surface area contributed by atoms with E-state index in [1.54, 1.807) is 0 Å². The second-order valence-corrected chi connectivity index (χ2v) is 10.7. The monoisotopic (exact) mass is 530 g/mol. The second-order valence-electron chi connectivity index (χ2n) is 10.7. The number of benzene rings is 2. The molecule has 196 valence electrons. The lowest BCUT2D eigenvalue weighted by Gasteiger charge is -2.52. The van der Waals surface area contributed by atoms with Crippen LogP contribution in [0.1, 0.15) is 55.8 Å². The molecule has 1 fully saturated rings. The van der Waals surface area contributed by atoms with Crippen LogP contribution in [0.15, 0.2) is 54.6 Å². The predicted octanol–water partition coefficient (Wildman–Crippen LogP) is 2.41. The van der Waals surface area contributed by atoms with Crippen molar-refractivity contribution in [2.24, 2.45) is 11.8 Å². The number of aryl methyl sites for hydroxylation is 2. The van der Waals surface area contributed by atoms with Gasteiger partial charge in [0.2, 0.25) is 5.91 Å². The summed E-state index contributed by atoms with van der Waals surface area (Å²) < 4.78 is 1.30. The van der Waals surface area contributed by atoms with Crippen molar-refractivity contribution in [2.75, 3.05) is 5.73 Å². The van der Waals surface area contributed by atoms with Crippen LogP contribution < -0.4 is 11.2 Å². The van der Waals surface area contributed by atoms with Gasteiger partial charge in [0.05, 0.1) is 17.2 Å². The molecule has 3 amide bonds. The number of carbonyl (C=O) groups is 3. The van der Waals surface area contributed by atoms with Gasteiger partial charge in [0.25, 0.3) is 5.91 Å². The number of fused-ring (bicyclic) bond motifs is 3. The fraction of sp³-hybridized carbons (Fsp3) is 0.207. The highest BCUT2D eigenvalue weighted by atomic mass is 16.2. The molecule has 0 saturated carbocycles. The average molecular weight is 531 g/mol. The maximum absolute atomic E-state index is 14.1. The number of hydrazine groups is 1. The number of anilines is 1. The number of imide groups is 1. The molecular formula is C29H22N8O3. The van der Waals surface area contributed by atoms with Crippen LogP contribution in [0.25, 0.3) is 16.7 Å². The van der Waals surface area contributed by atoms with Crippen molar-refractivity contribution in [3.63, 3.8) is 0 Å². The molecule has 2 unspecified atom stereocenters. The van der Waals surface area contributed by atoms with Gasteiger partial charge in [0.15, 0.2) is 22.8 Å². The lowest BCUT2D eigenvalue weighted by molar-refractivity contribution is -0.156. The summed E-state index contributed by atoms with van der Waals surface area (Å²) in [6.07, 6.45) is 0. The largest absolute Gasteiger partial charge is 0.382 e. The van der Waals surface area contributed by atoms with Crippen molar-refractivity contribution in [2.45, 2.75) is 25.7 Å². The molecule has 2 atom stereocenters. The molecule has 3 aromatic heterocycles. The normalized spacial score (nSPS) is 22.7. The Balaban J connectivity index is 1.24. The Kier molecular flexibility index (Phi) is 4.37. The number of nitrogens with zero attached hydrogens (tertiary/aromatic N) is 6. The van der Waals surface area contributed by atoms with Crippen molar-refractivity contribution in [1.82, 2.24) is 35.2 Å². The molecule has 4 aliphatic rings. The van der Waals surface area contributed by atoms with E-state index < -0.39 is 29.6 Å². The van der Waals surface area contributed by atoms with Gasteiger partial charge < -0.3 is 5.73 Å². The number of amides is 3. The van der Waals surface area contributed by atoms with Crippen LogP contribution in [0.5, 0.6) is 0 Å². The molecule has 3 aliphatic carbocycles. The molecule has 9 rings (SSSR count). The summed E-state index contributed by atoms with van der Waals surface area (Å²) >= 11 is 0. The van der Waals surface area contributed by atoms with Crippen LogP contribution in [0.3, 0.4) is 0 Å². The van der Waals surface area contributed by atoms with E-state index in [9.17, 15) is 14.4 Å². The van der Waals surface area contributed by atoms with Crippen LogP contribution in [0.2, 0.25) is 0 Å². The van der Waals surface area contributed by atoms with E-state index in [4.69, 9.17) is 5.73 Å². The zero-order chi connectivity index (χ0) is 27.4. The molecule has 1 saturated heterocycles. The number of nitrogens with one attached hydrogen (secondary N) is 1. The number of aromatic nitrogens is 5. The fourth-order valence-corrected chi connectivity index (χ4v) is 7.01. The average Bonchev–Trinajstić information content (AvgIpc) is 3.34. The van der Waals surface area contributed by atoms with Crippen molar-refractivity contribution in [3.05, 3.63) is 93.8 Å². The molecule has 3 N–H and O–H groups in total. The first-order valence-corrected chi connectivity index (χ1v) is 13.0. The Morgan fingerprint density at radius 1 is 0.900 bits per heavy atom.